The molecule has 2 heterocycles. The van der Waals surface area contributed by atoms with Crippen molar-refractivity contribution in [3.05, 3.63) is 53.5 Å². The summed E-state index contributed by atoms with van der Waals surface area (Å²) >= 11 is 0. The minimum atomic E-state index is -4.67. The first-order chi connectivity index (χ1) is 16.0. The van der Waals surface area contributed by atoms with E-state index >= 15 is 0 Å². The maximum absolute atomic E-state index is 13.0. The first-order valence-electron chi connectivity index (χ1n) is 11.0. The molecule has 1 aliphatic rings. The van der Waals surface area contributed by atoms with Crippen LogP contribution in [0.15, 0.2) is 36.5 Å². The minimum Gasteiger partial charge on any atom is -0.386 e. The second kappa shape index (κ2) is 8.83. The maximum atomic E-state index is 13.0. The van der Waals surface area contributed by atoms with Crippen molar-refractivity contribution < 1.29 is 27.9 Å². The quantitative estimate of drug-likeness (QED) is 0.515. The van der Waals surface area contributed by atoms with Gasteiger partial charge in [-0.05, 0) is 63.8 Å². The number of alkyl halides is 3. The van der Waals surface area contributed by atoms with E-state index in [0.717, 1.165) is 44.1 Å². The van der Waals surface area contributed by atoms with Crippen molar-refractivity contribution in [3.8, 4) is 0 Å². The highest BCUT2D eigenvalue weighted by Gasteiger charge is 2.33. The Morgan fingerprint density at radius 3 is 2.50 bits per heavy atom. The van der Waals surface area contributed by atoms with Gasteiger partial charge in [0.1, 0.15) is 17.7 Å². The SMILES string of the molecule is CC(C)(O)c1cc2nn([C@H]3CC[C@H](C=O)CC3)cc2cc1NC(=O)c1cccc(C(F)(F)F)n1. The largest absolute Gasteiger partial charge is 0.433 e. The lowest BCUT2D eigenvalue weighted by atomic mass is 9.87. The van der Waals surface area contributed by atoms with Crippen molar-refractivity contribution in [2.45, 2.75) is 57.3 Å². The predicted molar refractivity (Wildman–Crippen MR) is 119 cm³/mol. The van der Waals surface area contributed by atoms with E-state index < -0.39 is 23.4 Å². The lowest BCUT2D eigenvalue weighted by molar-refractivity contribution is -0.141. The van der Waals surface area contributed by atoms with Gasteiger partial charge >= 0.3 is 6.18 Å². The third-order valence-corrected chi connectivity index (χ3v) is 6.15. The van der Waals surface area contributed by atoms with E-state index in [1.54, 1.807) is 26.0 Å². The summed E-state index contributed by atoms with van der Waals surface area (Å²) in [6.07, 6.45) is 1.40. The zero-order valence-electron chi connectivity index (χ0n) is 18.8. The molecule has 7 nitrogen and oxygen atoms in total. The number of hydrogen-bond donors (Lipinski definition) is 2. The van der Waals surface area contributed by atoms with Crippen LogP contribution in [-0.4, -0.2) is 32.1 Å². The number of fused-ring (bicyclic) bond motifs is 1. The Bertz CT molecular complexity index is 1220. The van der Waals surface area contributed by atoms with Crippen LogP contribution < -0.4 is 5.32 Å². The maximum Gasteiger partial charge on any atom is 0.433 e. The van der Waals surface area contributed by atoms with Crippen LogP contribution in [0.25, 0.3) is 10.9 Å². The molecule has 0 saturated heterocycles. The Morgan fingerprint density at radius 1 is 1.18 bits per heavy atom. The number of nitrogens with zero attached hydrogens (tertiary/aromatic N) is 3. The number of carbonyl (C=O) groups excluding carboxylic acids is 2. The third kappa shape index (κ3) is 4.96. The Hall–Kier alpha value is -3.27. The topological polar surface area (TPSA) is 97.1 Å². The van der Waals surface area contributed by atoms with Crippen molar-refractivity contribution in [3.63, 3.8) is 0 Å². The van der Waals surface area contributed by atoms with Gasteiger partial charge in [0.25, 0.3) is 5.91 Å². The second-order valence-electron chi connectivity index (χ2n) is 9.19. The molecule has 0 unspecified atom stereocenters. The van der Waals surface area contributed by atoms with Crippen molar-refractivity contribution in [1.29, 1.82) is 0 Å². The number of benzene rings is 1. The molecule has 0 spiro atoms. The summed E-state index contributed by atoms with van der Waals surface area (Å²) in [5.41, 5.74) is -1.67. The van der Waals surface area contributed by atoms with Crippen LogP contribution in [0.4, 0.5) is 18.9 Å². The van der Waals surface area contributed by atoms with E-state index in [9.17, 15) is 27.9 Å². The molecular formula is C24H25F3N4O3. The summed E-state index contributed by atoms with van der Waals surface area (Å²) in [5.74, 6) is -0.746. The van der Waals surface area contributed by atoms with Crippen LogP contribution in [0.2, 0.25) is 0 Å². The second-order valence-corrected chi connectivity index (χ2v) is 9.19. The highest BCUT2D eigenvalue weighted by Crippen LogP contribution is 2.35. The van der Waals surface area contributed by atoms with Crippen molar-refractivity contribution >= 4 is 28.8 Å². The molecule has 1 aliphatic carbocycles. The van der Waals surface area contributed by atoms with Crippen LogP contribution in [0.5, 0.6) is 0 Å². The molecule has 0 radical (unpaired) electrons. The first-order valence-corrected chi connectivity index (χ1v) is 11.0. The molecule has 1 aromatic carbocycles. The lowest BCUT2D eigenvalue weighted by Gasteiger charge is -2.25. The van der Waals surface area contributed by atoms with Gasteiger partial charge in [-0.2, -0.15) is 18.3 Å². The Balaban J connectivity index is 1.66. The van der Waals surface area contributed by atoms with Crippen molar-refractivity contribution in [2.75, 3.05) is 5.32 Å². The summed E-state index contributed by atoms with van der Waals surface area (Å²) in [5, 5.41) is 18.6. The lowest BCUT2D eigenvalue weighted by Crippen LogP contribution is -2.22. The number of halogens is 3. The number of nitrogens with one attached hydrogen (secondary N) is 1. The van der Waals surface area contributed by atoms with Gasteiger partial charge in [-0.15, -0.1) is 0 Å². The van der Waals surface area contributed by atoms with E-state index in [0.29, 0.717) is 16.5 Å². The van der Waals surface area contributed by atoms with E-state index in [-0.39, 0.29) is 23.3 Å². The van der Waals surface area contributed by atoms with E-state index in [2.05, 4.69) is 15.4 Å². The molecule has 1 amide bonds. The summed E-state index contributed by atoms with van der Waals surface area (Å²) < 4.78 is 40.8. The van der Waals surface area contributed by atoms with E-state index in [1.807, 2.05) is 10.9 Å². The molecule has 2 aromatic heterocycles. The smallest absolute Gasteiger partial charge is 0.386 e. The van der Waals surface area contributed by atoms with Gasteiger partial charge < -0.3 is 15.2 Å². The number of aldehydes is 1. The van der Waals surface area contributed by atoms with Crippen LogP contribution in [0.1, 0.15) is 67.3 Å². The van der Waals surface area contributed by atoms with Gasteiger partial charge in [0.2, 0.25) is 0 Å². The number of rotatable bonds is 5. The van der Waals surface area contributed by atoms with E-state index in [4.69, 9.17) is 0 Å². The Labute approximate surface area is 194 Å². The minimum absolute atomic E-state index is 0.0780. The average molecular weight is 474 g/mol. The summed E-state index contributed by atoms with van der Waals surface area (Å²) in [6.45, 7) is 3.09. The van der Waals surface area contributed by atoms with E-state index in [1.165, 1.54) is 6.07 Å². The highest BCUT2D eigenvalue weighted by molar-refractivity contribution is 6.04. The molecule has 34 heavy (non-hydrogen) atoms. The number of aromatic nitrogens is 3. The van der Waals surface area contributed by atoms with Gasteiger partial charge in [0.15, 0.2) is 0 Å². The third-order valence-electron chi connectivity index (χ3n) is 6.15. The van der Waals surface area contributed by atoms with Gasteiger partial charge in [0.05, 0.1) is 17.2 Å². The summed E-state index contributed by atoms with van der Waals surface area (Å²) in [6, 6.07) is 6.56. The fourth-order valence-corrected chi connectivity index (χ4v) is 4.30. The average Bonchev–Trinajstić information content (AvgIpc) is 3.20. The molecule has 1 fully saturated rings. The molecule has 0 aliphatic heterocycles. The van der Waals surface area contributed by atoms with Gasteiger partial charge in [-0.3, -0.25) is 9.48 Å². The van der Waals surface area contributed by atoms with Gasteiger partial charge in [-0.1, -0.05) is 6.07 Å². The molecule has 0 bridgehead atoms. The number of pyridine rings is 1. The number of aliphatic hydroxyl groups is 1. The van der Waals surface area contributed by atoms with Gasteiger partial charge in [0, 0.05) is 28.8 Å². The van der Waals surface area contributed by atoms with Crippen molar-refractivity contribution in [2.24, 2.45) is 5.92 Å². The van der Waals surface area contributed by atoms with Gasteiger partial charge in [-0.25, -0.2) is 4.98 Å². The number of anilines is 1. The number of carbonyl (C=O) groups is 2. The van der Waals surface area contributed by atoms with Crippen LogP contribution in [0.3, 0.4) is 0 Å². The fraction of sp³-hybridized carbons (Fsp3) is 0.417. The predicted octanol–water partition coefficient (Wildman–Crippen LogP) is 4.86. The zero-order chi connectivity index (χ0) is 24.7. The number of hydrogen-bond acceptors (Lipinski definition) is 5. The number of amides is 1. The molecule has 1 saturated carbocycles. The monoisotopic (exact) mass is 474 g/mol. The van der Waals surface area contributed by atoms with Crippen LogP contribution in [-0.2, 0) is 16.6 Å². The normalized spacial score (nSPS) is 19.2. The van der Waals surface area contributed by atoms with Crippen molar-refractivity contribution in [1.82, 2.24) is 14.8 Å². The molecule has 0 atom stereocenters. The molecule has 4 rings (SSSR count). The molecule has 180 valence electrons. The van der Waals surface area contributed by atoms with Crippen LogP contribution >= 0.6 is 0 Å². The highest BCUT2D eigenvalue weighted by atomic mass is 19.4. The molecule has 3 aromatic rings. The zero-order valence-corrected chi connectivity index (χ0v) is 18.8. The molecule has 2 N–H and O–H groups in total. The summed E-state index contributed by atoms with van der Waals surface area (Å²) in [7, 11) is 0. The Morgan fingerprint density at radius 2 is 1.88 bits per heavy atom. The Kier molecular flexibility index (Phi) is 6.20. The van der Waals surface area contributed by atoms with Crippen LogP contribution in [0, 0.1) is 5.92 Å². The summed E-state index contributed by atoms with van der Waals surface area (Å²) in [4.78, 5) is 27.2. The molecule has 10 heteroatoms. The fourth-order valence-electron chi connectivity index (χ4n) is 4.30. The standard InChI is InChI=1S/C24H25F3N4O3/c1-23(2,34)17-11-19-15(12-31(30-19)16-8-6-14(13-32)7-9-16)10-20(17)29-22(33)18-4-3-5-21(28-18)24(25,26)27/h3-5,10-14,16,34H,6-9H2,1-2H3,(H,29,33)/t14-,16-. The molecular weight excluding hydrogens is 449 g/mol. The first kappa shape index (κ1) is 23.9.